The summed E-state index contributed by atoms with van der Waals surface area (Å²) >= 11 is 0. The Morgan fingerprint density at radius 3 is 2.71 bits per heavy atom. The van der Waals surface area contributed by atoms with Crippen molar-refractivity contribution in [2.24, 2.45) is 0 Å². The molecule has 1 heterocycles. The van der Waals surface area contributed by atoms with E-state index in [1.165, 1.54) is 0 Å². The summed E-state index contributed by atoms with van der Waals surface area (Å²) in [4.78, 5) is 7.79. The van der Waals surface area contributed by atoms with Crippen LogP contribution in [0.3, 0.4) is 0 Å². The molecular formula is C10H16N4. The molecule has 1 aromatic rings. The van der Waals surface area contributed by atoms with Gasteiger partial charge >= 0.3 is 0 Å². The highest BCUT2D eigenvalue weighted by Crippen LogP contribution is 2.01. The number of anilines is 1. The first kappa shape index (κ1) is 10.7. The molecule has 1 atom stereocenters. The lowest BCUT2D eigenvalue weighted by atomic mass is 10.2. The lowest BCUT2D eigenvalue weighted by Gasteiger charge is -2.04. The maximum absolute atomic E-state index is 5.37. The highest BCUT2D eigenvalue weighted by Gasteiger charge is 1.93. The molecule has 4 nitrogen and oxygen atoms in total. The van der Waals surface area contributed by atoms with E-state index in [4.69, 9.17) is 5.73 Å². The number of nitrogens with one attached hydrogen (secondary N) is 1. The van der Waals surface area contributed by atoms with Crippen molar-refractivity contribution in [1.82, 2.24) is 15.3 Å². The zero-order chi connectivity index (χ0) is 10.4. The van der Waals surface area contributed by atoms with Gasteiger partial charge in [-0.25, -0.2) is 9.97 Å². The fourth-order valence-corrected chi connectivity index (χ4v) is 0.960. The molecule has 0 aliphatic rings. The Morgan fingerprint density at radius 1 is 1.50 bits per heavy atom. The van der Waals surface area contributed by atoms with Crippen LogP contribution in [0.4, 0.5) is 5.95 Å². The summed E-state index contributed by atoms with van der Waals surface area (Å²) in [5.41, 5.74) is 6.34. The van der Waals surface area contributed by atoms with Crippen LogP contribution in [0.25, 0.3) is 6.08 Å². The second-order valence-corrected chi connectivity index (χ2v) is 3.20. The van der Waals surface area contributed by atoms with Gasteiger partial charge in [-0.1, -0.05) is 12.2 Å². The molecule has 0 aliphatic carbocycles. The molecule has 0 bridgehead atoms. The number of nitrogen functional groups attached to an aromatic ring is 1. The monoisotopic (exact) mass is 192 g/mol. The molecule has 0 fully saturated rings. The SMILES string of the molecule is CNC(C)CC=Cc1cnc(N)nc1. The summed E-state index contributed by atoms with van der Waals surface area (Å²) in [6.07, 6.45) is 8.50. The molecule has 0 spiro atoms. The molecule has 0 aromatic carbocycles. The maximum Gasteiger partial charge on any atom is 0.219 e. The third kappa shape index (κ3) is 3.53. The van der Waals surface area contributed by atoms with Crippen molar-refractivity contribution < 1.29 is 0 Å². The molecule has 76 valence electrons. The third-order valence-electron chi connectivity index (χ3n) is 1.98. The van der Waals surface area contributed by atoms with Crippen LogP contribution < -0.4 is 11.1 Å². The summed E-state index contributed by atoms with van der Waals surface area (Å²) in [7, 11) is 1.95. The fraction of sp³-hybridized carbons (Fsp3) is 0.400. The Hall–Kier alpha value is -1.42. The molecule has 3 N–H and O–H groups in total. The van der Waals surface area contributed by atoms with Gasteiger partial charge in [0.2, 0.25) is 5.95 Å². The van der Waals surface area contributed by atoms with E-state index in [9.17, 15) is 0 Å². The van der Waals surface area contributed by atoms with Crippen LogP contribution in [0.5, 0.6) is 0 Å². The van der Waals surface area contributed by atoms with Crippen LogP contribution in [-0.4, -0.2) is 23.1 Å². The molecule has 0 saturated carbocycles. The molecule has 0 amide bonds. The Kier molecular flexibility index (Phi) is 4.07. The average molecular weight is 192 g/mol. The predicted molar refractivity (Wildman–Crippen MR) is 58.6 cm³/mol. The smallest absolute Gasteiger partial charge is 0.219 e. The largest absolute Gasteiger partial charge is 0.368 e. The van der Waals surface area contributed by atoms with Gasteiger partial charge in [-0.05, 0) is 20.4 Å². The van der Waals surface area contributed by atoms with E-state index in [1.54, 1.807) is 12.4 Å². The molecule has 0 saturated heterocycles. The molecule has 14 heavy (non-hydrogen) atoms. The van der Waals surface area contributed by atoms with Crippen molar-refractivity contribution in [3.05, 3.63) is 24.0 Å². The first-order chi connectivity index (χ1) is 6.72. The van der Waals surface area contributed by atoms with Crippen LogP contribution >= 0.6 is 0 Å². The summed E-state index contributed by atoms with van der Waals surface area (Å²) in [6.45, 7) is 2.13. The zero-order valence-corrected chi connectivity index (χ0v) is 8.57. The van der Waals surface area contributed by atoms with Crippen molar-refractivity contribution in [1.29, 1.82) is 0 Å². The predicted octanol–water partition coefficient (Wildman–Crippen LogP) is 1.07. The number of nitrogens with zero attached hydrogens (tertiary/aromatic N) is 2. The highest BCUT2D eigenvalue weighted by atomic mass is 15.0. The highest BCUT2D eigenvalue weighted by molar-refractivity contribution is 5.47. The van der Waals surface area contributed by atoms with Crippen LogP contribution in [0.1, 0.15) is 18.9 Å². The van der Waals surface area contributed by atoms with Gasteiger partial charge in [-0.3, -0.25) is 0 Å². The first-order valence-corrected chi connectivity index (χ1v) is 4.63. The summed E-state index contributed by atoms with van der Waals surface area (Å²) in [5.74, 6) is 0.311. The molecule has 0 radical (unpaired) electrons. The van der Waals surface area contributed by atoms with Gasteiger partial charge in [-0.2, -0.15) is 0 Å². The number of hydrogen-bond donors (Lipinski definition) is 2. The Morgan fingerprint density at radius 2 is 2.14 bits per heavy atom. The quantitative estimate of drug-likeness (QED) is 0.749. The van der Waals surface area contributed by atoms with Crippen molar-refractivity contribution in [3.63, 3.8) is 0 Å². The summed E-state index contributed by atoms with van der Waals surface area (Å²) < 4.78 is 0. The van der Waals surface area contributed by atoms with Crippen molar-refractivity contribution in [2.75, 3.05) is 12.8 Å². The minimum absolute atomic E-state index is 0.311. The van der Waals surface area contributed by atoms with E-state index in [1.807, 2.05) is 13.1 Å². The number of hydrogen-bond acceptors (Lipinski definition) is 4. The van der Waals surface area contributed by atoms with Crippen molar-refractivity contribution in [3.8, 4) is 0 Å². The standard InChI is InChI=1S/C10H16N4/c1-8(12-2)4-3-5-9-6-13-10(11)14-7-9/h3,5-8,12H,4H2,1-2H3,(H2,11,13,14). The Labute approximate surface area is 84.3 Å². The lowest BCUT2D eigenvalue weighted by Crippen LogP contribution is -2.19. The van der Waals surface area contributed by atoms with E-state index in [2.05, 4.69) is 28.3 Å². The van der Waals surface area contributed by atoms with E-state index in [0.717, 1.165) is 12.0 Å². The van der Waals surface area contributed by atoms with Crippen molar-refractivity contribution >= 4 is 12.0 Å². The van der Waals surface area contributed by atoms with Crippen LogP contribution in [0.15, 0.2) is 18.5 Å². The Balaban J connectivity index is 2.48. The minimum Gasteiger partial charge on any atom is -0.368 e. The van der Waals surface area contributed by atoms with E-state index < -0.39 is 0 Å². The maximum atomic E-state index is 5.37. The lowest BCUT2D eigenvalue weighted by molar-refractivity contribution is 0.621. The molecular weight excluding hydrogens is 176 g/mol. The van der Waals surface area contributed by atoms with E-state index in [-0.39, 0.29) is 0 Å². The van der Waals surface area contributed by atoms with Gasteiger partial charge in [0.05, 0.1) is 0 Å². The summed E-state index contributed by atoms with van der Waals surface area (Å²) in [5, 5.41) is 3.16. The van der Waals surface area contributed by atoms with E-state index >= 15 is 0 Å². The second-order valence-electron chi connectivity index (χ2n) is 3.20. The zero-order valence-electron chi connectivity index (χ0n) is 8.57. The van der Waals surface area contributed by atoms with Gasteiger partial charge in [0.15, 0.2) is 0 Å². The molecule has 4 heteroatoms. The van der Waals surface area contributed by atoms with Gasteiger partial charge in [0, 0.05) is 24.0 Å². The van der Waals surface area contributed by atoms with Gasteiger partial charge in [0.1, 0.15) is 0 Å². The molecule has 1 aromatic heterocycles. The van der Waals surface area contributed by atoms with Crippen LogP contribution in [0, 0.1) is 0 Å². The fourth-order valence-electron chi connectivity index (χ4n) is 0.960. The second kappa shape index (κ2) is 5.34. The van der Waals surface area contributed by atoms with Crippen LogP contribution in [0.2, 0.25) is 0 Å². The summed E-state index contributed by atoms with van der Waals surface area (Å²) in [6, 6.07) is 0.487. The van der Waals surface area contributed by atoms with Gasteiger partial charge in [-0.15, -0.1) is 0 Å². The number of aromatic nitrogens is 2. The first-order valence-electron chi connectivity index (χ1n) is 4.63. The topological polar surface area (TPSA) is 63.8 Å². The Bertz CT molecular complexity index is 291. The molecule has 1 rings (SSSR count). The van der Waals surface area contributed by atoms with E-state index in [0.29, 0.717) is 12.0 Å². The minimum atomic E-state index is 0.311. The normalized spacial score (nSPS) is 13.3. The van der Waals surface area contributed by atoms with Crippen LogP contribution in [-0.2, 0) is 0 Å². The average Bonchev–Trinajstić information content (AvgIpc) is 2.21. The molecule has 0 aliphatic heterocycles. The third-order valence-corrected chi connectivity index (χ3v) is 1.98. The van der Waals surface area contributed by atoms with Gasteiger partial charge in [0.25, 0.3) is 0 Å². The molecule has 1 unspecified atom stereocenters. The number of rotatable bonds is 4. The number of nitrogens with two attached hydrogens (primary N) is 1. The van der Waals surface area contributed by atoms with Gasteiger partial charge < -0.3 is 11.1 Å². The van der Waals surface area contributed by atoms with Crippen molar-refractivity contribution in [2.45, 2.75) is 19.4 Å².